The van der Waals surface area contributed by atoms with E-state index in [0.717, 1.165) is 0 Å². The zero-order valence-corrected chi connectivity index (χ0v) is 19.4. The second-order valence-electron chi connectivity index (χ2n) is 2.92. The van der Waals surface area contributed by atoms with Gasteiger partial charge >= 0.3 is 101 Å². The topological polar surface area (TPSA) is 281 Å². The van der Waals surface area contributed by atoms with Gasteiger partial charge in [0.1, 0.15) is 0 Å². The van der Waals surface area contributed by atoms with Crippen molar-refractivity contribution in [2.75, 3.05) is 0 Å². The molecule has 17 heteroatoms. The third-order valence-electron chi connectivity index (χ3n) is 1.28. The van der Waals surface area contributed by atoms with E-state index in [9.17, 15) is 19.5 Å². The van der Waals surface area contributed by atoms with Gasteiger partial charge in [-0.25, -0.2) is 4.79 Å². The summed E-state index contributed by atoms with van der Waals surface area (Å²) in [5.74, 6) is -5.34. The molecule has 0 aliphatic rings. The maximum absolute atomic E-state index is 10.3. The fourth-order valence-corrected chi connectivity index (χ4v) is 0.703. The molecule has 0 aliphatic carbocycles. The third-order valence-corrected chi connectivity index (χ3v) is 1.28. The van der Waals surface area contributed by atoms with E-state index in [1.165, 1.54) is 0 Å². The number of aliphatic carboxylic acids is 3. The first kappa shape index (κ1) is 44.1. The molecule has 0 aromatic heterocycles. The van der Waals surface area contributed by atoms with Gasteiger partial charge in [0.15, 0.2) is 5.60 Å². The Morgan fingerprint density at radius 3 is 1.35 bits per heavy atom. The quantitative estimate of drug-likeness (QED) is 0.251. The molecule has 0 spiro atoms. The number of carbonyl (C=O) groups excluding carboxylic acids is 1. The summed E-state index contributed by atoms with van der Waals surface area (Å²) in [6.45, 7) is 0. The van der Waals surface area contributed by atoms with Crippen molar-refractivity contribution in [3.05, 3.63) is 0 Å². The van der Waals surface area contributed by atoms with Gasteiger partial charge in [0.05, 0.1) is 14.2 Å². The zero-order chi connectivity index (χ0) is 15.1. The average molecular weight is 392 g/mol. The van der Waals surface area contributed by atoms with E-state index in [1.807, 2.05) is 0 Å². The molecule has 0 rings (SSSR count). The normalized spacial score (nSPS) is 10.8. The van der Waals surface area contributed by atoms with E-state index >= 15 is 0 Å². The Kier molecular flexibility index (Phi) is 37.8. The van der Waals surface area contributed by atoms with Crippen molar-refractivity contribution in [2.24, 2.45) is 0 Å². The monoisotopic (exact) mass is 392 g/mol. The van der Waals surface area contributed by atoms with Crippen LogP contribution >= 0.6 is 7.82 Å². The van der Waals surface area contributed by atoms with Crippen molar-refractivity contribution in [3.8, 4) is 0 Å². The zero-order valence-electron chi connectivity index (χ0n) is 12.5. The molecule has 0 heterocycles. The van der Waals surface area contributed by atoms with Crippen LogP contribution in [-0.2, 0) is 18.9 Å². The molecular formula is C6H12Na3O13P. The van der Waals surface area contributed by atoms with Gasteiger partial charge in [0, 0.05) is 12.4 Å². The molecule has 0 aromatic carbocycles. The van der Waals surface area contributed by atoms with Crippen LogP contribution in [0.4, 0.5) is 0 Å². The van der Waals surface area contributed by atoms with Crippen molar-refractivity contribution in [3.63, 3.8) is 0 Å². The molecule has 0 amide bonds. The molecule has 0 saturated heterocycles. The van der Waals surface area contributed by atoms with Crippen LogP contribution in [0.1, 0.15) is 12.8 Å². The summed E-state index contributed by atoms with van der Waals surface area (Å²) >= 11 is 0. The molecule has 0 radical (unpaired) electrons. The third kappa shape index (κ3) is 35.4. The van der Waals surface area contributed by atoms with Crippen LogP contribution in [0, 0.1) is 0 Å². The molecule has 13 nitrogen and oxygen atoms in total. The largest absolute Gasteiger partial charge is 1.00 e. The molecule has 23 heavy (non-hydrogen) atoms. The van der Waals surface area contributed by atoms with Crippen LogP contribution in [-0.4, -0.2) is 54.7 Å². The van der Waals surface area contributed by atoms with Crippen LogP contribution in [0.5, 0.6) is 0 Å². The maximum Gasteiger partial charge on any atom is 1.00 e. The summed E-state index contributed by atoms with van der Waals surface area (Å²) < 4.78 is 8.66. The van der Waals surface area contributed by atoms with E-state index in [4.69, 9.17) is 34.6 Å². The molecule has 0 fully saturated rings. The van der Waals surface area contributed by atoms with Crippen molar-refractivity contribution >= 4 is 25.7 Å². The summed E-state index contributed by atoms with van der Waals surface area (Å²) in [7, 11) is -5.14. The molecule has 122 valence electrons. The van der Waals surface area contributed by atoms with Crippen molar-refractivity contribution in [2.45, 2.75) is 18.4 Å². The standard InChI is InChI=1S/C6H8O7.3Na.H3O4P.2H2O/c7-3(8)1-6(13,5(11)12)2-4(9)10;;;;1-5(2,3)4;;/h13H,1-2H2,(H,7,8)(H,9,10)(H,11,12);;;;(H3,1,2,3,4);2*1H2/q;3*+1;;;/p-3. The number of phosphoric acid groups is 1. The summed E-state index contributed by atoms with van der Waals surface area (Å²) in [6, 6.07) is 0. The van der Waals surface area contributed by atoms with Gasteiger partial charge in [-0.05, 0) is 0 Å². The number of hydrogen-bond donors (Lipinski definition) is 4. The fourth-order valence-electron chi connectivity index (χ4n) is 0.703. The first-order valence-corrected chi connectivity index (χ1v) is 5.39. The van der Waals surface area contributed by atoms with Crippen molar-refractivity contribution in [1.29, 1.82) is 0 Å². The molecule has 0 saturated carbocycles. The van der Waals surface area contributed by atoms with Gasteiger partial charge in [0.2, 0.25) is 0 Å². The Labute approximate surface area is 195 Å². The number of carboxylic acid groups (broad SMARTS) is 3. The minimum absolute atomic E-state index is 0. The van der Waals surface area contributed by atoms with E-state index in [2.05, 4.69) is 0 Å². The maximum atomic E-state index is 10.3. The van der Waals surface area contributed by atoms with Gasteiger partial charge in [-0.3, -0.25) is 4.79 Å². The Morgan fingerprint density at radius 2 is 1.22 bits per heavy atom. The van der Waals surface area contributed by atoms with Crippen molar-refractivity contribution in [1.82, 2.24) is 0 Å². The number of carboxylic acids is 3. The van der Waals surface area contributed by atoms with Crippen LogP contribution in [0.25, 0.3) is 0 Å². The number of aliphatic hydroxyl groups is 1. The molecule has 1 atom stereocenters. The molecule has 0 aliphatic heterocycles. The van der Waals surface area contributed by atoms with Gasteiger partial charge < -0.3 is 55.4 Å². The van der Waals surface area contributed by atoms with E-state index in [1.54, 1.807) is 0 Å². The SMILES string of the molecule is O.O.O=C([O-])CC(O)(CC(=O)O)C(=O)O.O=P([O-])([O-])O.[Na+].[Na+].[Na+]. The minimum atomic E-state index is -5.14. The summed E-state index contributed by atoms with van der Waals surface area (Å²) in [5, 5.41) is 35.5. The fraction of sp³-hybridized carbons (Fsp3) is 0.500. The van der Waals surface area contributed by atoms with Crippen LogP contribution < -0.4 is 104 Å². The average Bonchev–Trinajstić information content (AvgIpc) is 1.95. The van der Waals surface area contributed by atoms with Crippen LogP contribution in [0.3, 0.4) is 0 Å². The first-order valence-electron chi connectivity index (χ1n) is 3.90. The van der Waals surface area contributed by atoms with E-state index in [-0.39, 0.29) is 99.6 Å². The van der Waals surface area contributed by atoms with Crippen molar-refractivity contribution < 1.29 is 154 Å². The molecule has 1 unspecified atom stereocenters. The molecular weight excluding hydrogens is 380 g/mol. The van der Waals surface area contributed by atoms with Gasteiger partial charge in [0.25, 0.3) is 0 Å². The van der Waals surface area contributed by atoms with Gasteiger partial charge in [-0.2, -0.15) is 0 Å². The summed E-state index contributed by atoms with van der Waals surface area (Å²) in [5.41, 5.74) is -2.80. The summed E-state index contributed by atoms with van der Waals surface area (Å²) in [6.07, 6.45) is -2.44. The second-order valence-corrected chi connectivity index (χ2v) is 3.86. The van der Waals surface area contributed by atoms with Crippen LogP contribution in [0.15, 0.2) is 0 Å². The second kappa shape index (κ2) is 19.7. The molecule has 0 bridgehead atoms. The Hall–Kier alpha value is 1.40. The smallest absolute Gasteiger partial charge is 0.790 e. The van der Waals surface area contributed by atoms with Gasteiger partial charge in [-0.1, -0.05) is 0 Å². The number of carbonyl (C=O) groups is 3. The van der Waals surface area contributed by atoms with E-state index < -0.39 is 44.2 Å². The number of rotatable bonds is 5. The predicted octanol–water partition coefficient (Wildman–Crippen LogP) is -15.4. The Bertz CT molecular complexity index is 358. The van der Waals surface area contributed by atoms with E-state index in [0.29, 0.717) is 0 Å². The number of hydrogen-bond acceptors (Lipinski definition) is 8. The molecule has 8 N–H and O–H groups in total. The predicted molar refractivity (Wildman–Crippen MR) is 51.5 cm³/mol. The Morgan fingerprint density at radius 1 is 0.957 bits per heavy atom. The molecule has 0 aromatic rings. The van der Waals surface area contributed by atoms with Gasteiger partial charge in [-0.15, -0.1) is 0 Å². The first-order chi connectivity index (χ1) is 7.78. The Balaban J connectivity index is -0.0000000455. The minimum Gasteiger partial charge on any atom is -0.790 e. The van der Waals surface area contributed by atoms with Crippen LogP contribution in [0.2, 0.25) is 0 Å². The summed E-state index contributed by atoms with van der Waals surface area (Å²) in [4.78, 5) is 54.6.